The molecule has 1 rings (SSSR count). The van der Waals surface area contributed by atoms with Crippen LogP contribution in [0.25, 0.3) is 0 Å². The van der Waals surface area contributed by atoms with Crippen LogP contribution in [0.4, 0.5) is 0 Å². The van der Waals surface area contributed by atoms with E-state index >= 15 is 0 Å². The van der Waals surface area contributed by atoms with Gasteiger partial charge in [0.2, 0.25) is 0 Å². The number of aromatic carboxylic acids is 1. The molecule has 20 heavy (non-hydrogen) atoms. The Hall–Kier alpha value is -1.76. The van der Waals surface area contributed by atoms with Crippen molar-refractivity contribution in [2.75, 3.05) is 12.3 Å². The normalized spacial score (nSPS) is 12.8. The molecule has 0 saturated heterocycles. The van der Waals surface area contributed by atoms with E-state index in [9.17, 15) is 13.8 Å². The molecule has 1 unspecified atom stereocenters. The van der Waals surface area contributed by atoms with Crippen LogP contribution in [0.1, 0.15) is 41.6 Å². The van der Waals surface area contributed by atoms with Crippen LogP contribution < -0.4 is 5.32 Å². The average Bonchev–Trinajstić information content (AvgIpc) is 2.37. The topological polar surface area (TPSA) is 96.4 Å². The number of carbonyl (C=O) groups is 2. The van der Waals surface area contributed by atoms with Crippen LogP contribution in [0, 0.1) is 0 Å². The van der Waals surface area contributed by atoms with E-state index in [1.165, 1.54) is 18.3 Å². The first kappa shape index (κ1) is 16.3. The first-order chi connectivity index (χ1) is 9.21. The molecule has 0 spiro atoms. The second kappa shape index (κ2) is 6.60. The molecule has 1 aromatic heterocycles. The van der Waals surface area contributed by atoms with Crippen LogP contribution in [0.3, 0.4) is 0 Å². The van der Waals surface area contributed by atoms with Gasteiger partial charge in [-0.2, -0.15) is 0 Å². The van der Waals surface area contributed by atoms with Gasteiger partial charge in [0, 0.05) is 34.0 Å². The summed E-state index contributed by atoms with van der Waals surface area (Å²) in [6.45, 7) is 5.92. The van der Waals surface area contributed by atoms with Crippen LogP contribution in [0.15, 0.2) is 18.3 Å². The molecule has 6 nitrogen and oxygen atoms in total. The van der Waals surface area contributed by atoms with Gasteiger partial charge in [-0.1, -0.05) is 0 Å². The summed E-state index contributed by atoms with van der Waals surface area (Å²) in [5.41, 5.74) is 0.159. The zero-order chi connectivity index (χ0) is 15.3. The van der Waals surface area contributed by atoms with Gasteiger partial charge in [0.1, 0.15) is 5.69 Å². The second-order valence-electron chi connectivity index (χ2n) is 5.16. The predicted molar refractivity (Wildman–Crippen MR) is 76.3 cm³/mol. The van der Waals surface area contributed by atoms with Crippen molar-refractivity contribution in [3.05, 3.63) is 29.6 Å². The number of nitrogens with one attached hydrogen (secondary N) is 1. The molecule has 0 radical (unpaired) electrons. The van der Waals surface area contributed by atoms with E-state index < -0.39 is 16.8 Å². The fraction of sp³-hybridized carbons (Fsp3) is 0.462. The second-order valence-corrected chi connectivity index (χ2v) is 7.48. The Morgan fingerprint density at radius 2 is 2.00 bits per heavy atom. The highest BCUT2D eigenvalue weighted by Crippen LogP contribution is 2.10. The largest absolute Gasteiger partial charge is 0.477 e. The summed E-state index contributed by atoms with van der Waals surface area (Å²) in [5, 5.41) is 11.3. The number of amides is 1. The van der Waals surface area contributed by atoms with Gasteiger partial charge in [-0.15, -0.1) is 0 Å². The molecule has 2 N–H and O–H groups in total. The maximum Gasteiger partial charge on any atom is 0.354 e. The molecule has 1 heterocycles. The number of rotatable bonds is 5. The fourth-order valence-corrected chi connectivity index (χ4v) is 2.22. The average molecular weight is 298 g/mol. The SMILES string of the molecule is CC(C)(C)S(=O)CCNC(=O)c1ccc(C(=O)O)nc1. The molecule has 1 aromatic rings. The van der Waals surface area contributed by atoms with Gasteiger partial charge in [0.25, 0.3) is 5.91 Å². The maximum absolute atomic E-state index is 11.8. The van der Waals surface area contributed by atoms with Gasteiger partial charge < -0.3 is 10.4 Å². The van der Waals surface area contributed by atoms with E-state index in [0.29, 0.717) is 12.3 Å². The number of carbonyl (C=O) groups excluding carboxylic acids is 1. The lowest BCUT2D eigenvalue weighted by atomic mass is 10.2. The molecule has 0 aliphatic rings. The third kappa shape index (κ3) is 4.73. The molecule has 110 valence electrons. The number of hydrogen-bond donors (Lipinski definition) is 2. The molecule has 0 fully saturated rings. The summed E-state index contributed by atoms with van der Waals surface area (Å²) in [7, 11) is -1.03. The van der Waals surface area contributed by atoms with Gasteiger partial charge in [-0.25, -0.2) is 9.78 Å². The zero-order valence-corrected chi connectivity index (χ0v) is 12.5. The minimum atomic E-state index is -1.14. The molecule has 0 aliphatic carbocycles. The van der Waals surface area contributed by atoms with E-state index in [1.807, 2.05) is 20.8 Å². The quantitative estimate of drug-likeness (QED) is 0.847. The van der Waals surface area contributed by atoms with E-state index in [1.54, 1.807) is 0 Å². The minimum Gasteiger partial charge on any atom is -0.477 e. The highest BCUT2D eigenvalue weighted by atomic mass is 32.2. The fourth-order valence-electron chi connectivity index (χ4n) is 1.32. The lowest BCUT2D eigenvalue weighted by Crippen LogP contribution is -2.32. The molecular formula is C13H18N2O4S. The third-order valence-electron chi connectivity index (χ3n) is 2.50. The van der Waals surface area contributed by atoms with Crippen LogP contribution in [-0.4, -0.2) is 43.2 Å². The number of carboxylic acid groups (broad SMARTS) is 1. The molecular weight excluding hydrogens is 280 g/mol. The standard InChI is InChI=1S/C13H18N2O4S/c1-13(2,3)20(19)7-6-14-11(16)9-4-5-10(12(17)18)15-8-9/h4-5,8H,6-7H2,1-3H3,(H,14,16)(H,17,18). The van der Waals surface area contributed by atoms with Gasteiger partial charge in [0.05, 0.1) is 5.56 Å². The first-order valence-corrected chi connectivity index (χ1v) is 7.39. The Morgan fingerprint density at radius 3 is 2.45 bits per heavy atom. The van der Waals surface area contributed by atoms with E-state index in [4.69, 9.17) is 5.11 Å². The van der Waals surface area contributed by atoms with Crippen molar-refractivity contribution < 1.29 is 18.9 Å². The van der Waals surface area contributed by atoms with E-state index in [-0.39, 0.29) is 21.9 Å². The summed E-state index contributed by atoms with van der Waals surface area (Å²) in [6.07, 6.45) is 1.21. The highest BCUT2D eigenvalue weighted by molar-refractivity contribution is 7.86. The van der Waals surface area contributed by atoms with Crippen molar-refractivity contribution in [3.63, 3.8) is 0 Å². The smallest absolute Gasteiger partial charge is 0.354 e. The molecule has 0 aromatic carbocycles. The van der Waals surface area contributed by atoms with E-state index in [0.717, 1.165) is 0 Å². The number of carboxylic acids is 1. The van der Waals surface area contributed by atoms with Crippen molar-refractivity contribution in [2.45, 2.75) is 25.5 Å². The molecule has 1 amide bonds. The lowest BCUT2D eigenvalue weighted by Gasteiger charge is -2.17. The number of aromatic nitrogens is 1. The Labute approximate surface area is 120 Å². The van der Waals surface area contributed by atoms with Gasteiger partial charge >= 0.3 is 5.97 Å². The Kier molecular flexibility index (Phi) is 5.38. The van der Waals surface area contributed by atoms with Crippen molar-refractivity contribution in [3.8, 4) is 0 Å². The summed E-state index contributed by atoms with van der Waals surface area (Å²) < 4.78 is 11.5. The maximum atomic E-state index is 11.8. The third-order valence-corrected chi connectivity index (χ3v) is 4.44. The van der Waals surface area contributed by atoms with Crippen LogP contribution >= 0.6 is 0 Å². The van der Waals surface area contributed by atoms with Crippen molar-refractivity contribution in [1.82, 2.24) is 10.3 Å². The van der Waals surface area contributed by atoms with Crippen molar-refractivity contribution in [2.24, 2.45) is 0 Å². The molecule has 0 saturated carbocycles. The number of pyridine rings is 1. The lowest BCUT2D eigenvalue weighted by molar-refractivity contribution is 0.0689. The van der Waals surface area contributed by atoms with Gasteiger partial charge in [-0.05, 0) is 32.9 Å². The first-order valence-electron chi connectivity index (χ1n) is 6.08. The highest BCUT2D eigenvalue weighted by Gasteiger charge is 2.19. The van der Waals surface area contributed by atoms with Crippen LogP contribution in [0.5, 0.6) is 0 Å². The van der Waals surface area contributed by atoms with Crippen molar-refractivity contribution >= 4 is 22.7 Å². The Bertz CT molecular complexity index is 520. The monoisotopic (exact) mass is 298 g/mol. The van der Waals surface area contributed by atoms with E-state index in [2.05, 4.69) is 10.3 Å². The number of nitrogens with zero attached hydrogens (tertiary/aromatic N) is 1. The molecule has 1 atom stereocenters. The van der Waals surface area contributed by atoms with Crippen LogP contribution in [-0.2, 0) is 10.8 Å². The summed E-state index contributed by atoms with van der Waals surface area (Å²) in [4.78, 5) is 26.0. The Balaban J connectivity index is 2.51. The predicted octanol–water partition coefficient (Wildman–Crippen LogP) is 1.06. The molecule has 0 aliphatic heterocycles. The minimum absolute atomic E-state index is 0.115. The number of hydrogen-bond acceptors (Lipinski definition) is 4. The van der Waals surface area contributed by atoms with Crippen molar-refractivity contribution in [1.29, 1.82) is 0 Å². The molecule has 0 bridgehead atoms. The molecule has 7 heteroatoms. The van der Waals surface area contributed by atoms with Gasteiger partial charge in [0.15, 0.2) is 0 Å². The van der Waals surface area contributed by atoms with Crippen LogP contribution in [0.2, 0.25) is 0 Å². The zero-order valence-electron chi connectivity index (χ0n) is 11.7. The summed E-state index contributed by atoms with van der Waals surface area (Å²) in [6, 6.07) is 2.66. The summed E-state index contributed by atoms with van der Waals surface area (Å²) in [5.74, 6) is -1.13. The Morgan fingerprint density at radius 1 is 1.35 bits per heavy atom. The summed E-state index contributed by atoms with van der Waals surface area (Å²) >= 11 is 0. The van der Waals surface area contributed by atoms with Gasteiger partial charge in [-0.3, -0.25) is 9.00 Å².